The average molecular weight is 807 g/mol. The number of ether oxygens (including phenoxy) is 3. The van der Waals surface area contributed by atoms with Crippen LogP contribution in [-0.4, -0.2) is 232 Å². The van der Waals surface area contributed by atoms with Crippen LogP contribution in [-0.2, 0) is 27.5 Å². The van der Waals surface area contributed by atoms with Crippen molar-refractivity contribution in [1.82, 2.24) is 0 Å². The Morgan fingerprint density at radius 3 is 1.64 bits per heavy atom. The topological polar surface area (TPSA) is 116 Å². The minimum Gasteiger partial charge on any atom is -0.460 e. The minimum atomic E-state index is -2.59. The molecule has 0 aliphatic carbocycles. The number of aliphatic hydroxyl groups excluding tert-OH is 3. The summed E-state index contributed by atoms with van der Waals surface area (Å²) in [6, 6.07) is 1.66. The van der Waals surface area contributed by atoms with E-state index in [4.69, 9.17) is 27.5 Å². The van der Waals surface area contributed by atoms with Gasteiger partial charge in [-0.15, -0.1) is 6.54 Å². The standard InChI is InChI=1S/C34H81N4O9Si2.CH4.3CH3/c1-35(2,3)24-32(41)27-46-29-33(25-36(4,5)6)47-34(26-38(9,10)20-17-23-49(31-40,43-12)44-13)28-45-21-15-18-37(7,8)19-16-22-48(14,30-39)42-11;;;;/h25,32-34,39-41H,15-24,26-31H2,1-14H3;1H4;3*1H3/q+3;;3*-1. The zero-order valence-electron chi connectivity index (χ0n) is 37.2. The fourth-order valence-electron chi connectivity index (χ4n) is 5.97. The van der Waals surface area contributed by atoms with Gasteiger partial charge in [-0.25, -0.2) is 0 Å². The summed E-state index contributed by atoms with van der Waals surface area (Å²) in [7, 11) is 21.7. The highest BCUT2D eigenvalue weighted by Gasteiger charge is 2.36. The van der Waals surface area contributed by atoms with Crippen molar-refractivity contribution < 1.29 is 60.7 Å². The molecule has 0 bridgehead atoms. The second-order valence-electron chi connectivity index (χ2n) is 17.4. The van der Waals surface area contributed by atoms with E-state index in [0.29, 0.717) is 45.9 Å². The molecule has 0 radical (unpaired) electrons. The van der Waals surface area contributed by atoms with E-state index in [0.717, 1.165) is 56.0 Å². The second-order valence-corrected chi connectivity index (χ2v) is 25.0. The van der Waals surface area contributed by atoms with Crippen LogP contribution in [0.15, 0.2) is 0 Å². The average Bonchev–Trinajstić information content (AvgIpc) is 2.97. The van der Waals surface area contributed by atoms with E-state index in [1.165, 1.54) is 0 Å². The molecule has 0 rings (SSSR count). The predicted molar refractivity (Wildman–Crippen MR) is 227 cm³/mol. The molecule has 0 aliphatic heterocycles. The summed E-state index contributed by atoms with van der Waals surface area (Å²) in [6.07, 6.45) is 1.87. The fraction of sp³-hybridized carbons (Fsp3) is 0.895. The molecule has 0 spiro atoms. The van der Waals surface area contributed by atoms with Crippen molar-refractivity contribution in [3.8, 4) is 0 Å². The third kappa shape index (κ3) is 30.7. The van der Waals surface area contributed by atoms with Crippen LogP contribution >= 0.6 is 0 Å². The van der Waals surface area contributed by atoms with Gasteiger partial charge in [0.25, 0.3) is 0 Å². The summed E-state index contributed by atoms with van der Waals surface area (Å²) in [5, 5.41) is 30.2. The molecule has 0 saturated heterocycles. The van der Waals surface area contributed by atoms with E-state index in [2.05, 4.69) is 83.6 Å². The van der Waals surface area contributed by atoms with Gasteiger partial charge in [-0.05, 0) is 31.5 Å². The van der Waals surface area contributed by atoms with Gasteiger partial charge in [0.1, 0.15) is 25.3 Å². The Bertz CT molecular complexity index is 846. The van der Waals surface area contributed by atoms with Gasteiger partial charge in [0.15, 0.2) is 0 Å². The Balaban J connectivity index is -0.00000192. The lowest BCUT2D eigenvalue weighted by molar-refractivity contribution is -0.894. The number of nitrogens with zero attached hydrogens (tertiary/aromatic N) is 4. The van der Waals surface area contributed by atoms with Crippen molar-refractivity contribution in [3.63, 3.8) is 0 Å². The molecule has 328 valence electrons. The molecule has 0 aromatic rings. The zero-order chi connectivity index (χ0) is 38.0. The predicted octanol–water partition coefficient (Wildman–Crippen LogP) is 3.04. The van der Waals surface area contributed by atoms with Crippen molar-refractivity contribution in [2.24, 2.45) is 0 Å². The van der Waals surface area contributed by atoms with E-state index < -0.39 is 23.0 Å². The smallest absolute Gasteiger partial charge is 0.364 e. The van der Waals surface area contributed by atoms with Crippen molar-refractivity contribution in [2.75, 3.05) is 163 Å². The molecule has 0 aromatic heterocycles. The van der Waals surface area contributed by atoms with Crippen LogP contribution in [0.25, 0.3) is 0 Å². The number of aliphatic hydroxyl groups is 3. The molecule has 3 N–H and O–H groups in total. The molecule has 0 amide bonds. The molecular weight excluding hydrogens is 713 g/mol. The lowest BCUT2D eigenvalue weighted by atomic mass is 10.2. The molecule has 53 heavy (non-hydrogen) atoms. The van der Waals surface area contributed by atoms with E-state index >= 15 is 0 Å². The molecule has 0 saturated carbocycles. The van der Waals surface area contributed by atoms with Gasteiger partial charge < -0.3 is 83.0 Å². The SMILES string of the molecule is C.CO[Si](C)(CO)CCC[N+](C)(C)CCCOCC(C[N+](C)(C)CCC[Si](CO)(OC)OC)OC([CH-][N+](C)(C)C)COCC(O)C[N+](C)(C)C.[CH3-].[CH3-].[CH3-]. The van der Waals surface area contributed by atoms with Gasteiger partial charge in [0.2, 0.25) is 8.32 Å². The molecule has 0 heterocycles. The molecule has 0 aliphatic rings. The first kappa shape index (κ1) is 62.1. The summed E-state index contributed by atoms with van der Waals surface area (Å²) in [5.41, 5.74) is 0. The Labute approximate surface area is 332 Å². The van der Waals surface area contributed by atoms with Crippen LogP contribution in [0.2, 0.25) is 18.6 Å². The van der Waals surface area contributed by atoms with Crippen molar-refractivity contribution in [2.45, 2.75) is 63.6 Å². The highest BCUT2D eigenvalue weighted by molar-refractivity contribution is 6.72. The van der Waals surface area contributed by atoms with Crippen molar-refractivity contribution >= 4 is 16.9 Å². The van der Waals surface area contributed by atoms with E-state index in [-0.39, 0.29) is 61.0 Å². The van der Waals surface area contributed by atoms with Crippen LogP contribution < -0.4 is 0 Å². The Kier molecular flexibility index (Phi) is 34.2. The maximum absolute atomic E-state index is 10.5. The third-order valence-electron chi connectivity index (χ3n) is 8.99. The third-order valence-corrected chi connectivity index (χ3v) is 15.1. The zero-order valence-corrected chi connectivity index (χ0v) is 39.2. The molecule has 15 heteroatoms. The summed E-state index contributed by atoms with van der Waals surface area (Å²) in [4.78, 5) is 0. The van der Waals surface area contributed by atoms with Gasteiger partial charge in [-0.3, -0.25) is 0 Å². The van der Waals surface area contributed by atoms with Crippen LogP contribution in [0.3, 0.4) is 0 Å². The largest absolute Gasteiger partial charge is 0.460 e. The molecule has 0 aromatic carbocycles. The van der Waals surface area contributed by atoms with Gasteiger partial charge >= 0.3 is 8.56 Å². The molecule has 4 unspecified atom stereocenters. The Hall–Kier alpha value is -0.0862. The van der Waals surface area contributed by atoms with Crippen LogP contribution in [0.4, 0.5) is 0 Å². The highest BCUT2D eigenvalue weighted by Crippen LogP contribution is 2.18. The maximum Gasteiger partial charge on any atom is 0.364 e. The minimum absolute atomic E-state index is 0. The monoisotopic (exact) mass is 807 g/mol. The van der Waals surface area contributed by atoms with E-state index in [1.807, 2.05) is 0 Å². The number of hydrogen-bond donors (Lipinski definition) is 3. The first-order valence-electron chi connectivity index (χ1n) is 18.0. The molecule has 0 fully saturated rings. The second kappa shape index (κ2) is 29.2. The van der Waals surface area contributed by atoms with Crippen LogP contribution in [0, 0.1) is 28.8 Å². The normalized spacial score (nSPS) is 15.6. The Morgan fingerprint density at radius 2 is 1.17 bits per heavy atom. The first-order valence-corrected chi connectivity index (χ1v) is 23.0. The maximum atomic E-state index is 10.5. The number of rotatable bonds is 31. The lowest BCUT2D eigenvalue weighted by Gasteiger charge is -2.42. The van der Waals surface area contributed by atoms with Gasteiger partial charge in [-0.1, -0.05) is 7.43 Å². The first-order chi connectivity index (χ1) is 22.5. The van der Waals surface area contributed by atoms with E-state index in [1.54, 1.807) is 21.3 Å². The Morgan fingerprint density at radius 1 is 0.642 bits per heavy atom. The van der Waals surface area contributed by atoms with Gasteiger partial charge in [-0.2, -0.15) is 0 Å². The van der Waals surface area contributed by atoms with Gasteiger partial charge in [0, 0.05) is 61.6 Å². The fourth-order valence-corrected chi connectivity index (χ4v) is 9.05. The summed E-state index contributed by atoms with van der Waals surface area (Å²) < 4.78 is 38.8. The number of quaternary nitrogens is 4. The van der Waals surface area contributed by atoms with Gasteiger partial charge in [0.05, 0.1) is 101 Å². The summed E-state index contributed by atoms with van der Waals surface area (Å²) >= 11 is 0. The lowest BCUT2D eigenvalue weighted by Crippen LogP contribution is -2.51. The van der Waals surface area contributed by atoms with Crippen molar-refractivity contribution in [1.29, 1.82) is 0 Å². The van der Waals surface area contributed by atoms with E-state index in [9.17, 15) is 15.3 Å². The molecule has 4 atom stereocenters. The molecule has 13 nitrogen and oxygen atoms in total. The quantitative estimate of drug-likeness (QED) is 0.0421. The molecular formula is C38H94N4O9Si2. The summed E-state index contributed by atoms with van der Waals surface area (Å²) in [5.74, 6) is 0. The summed E-state index contributed by atoms with van der Waals surface area (Å²) in [6.45, 7) is 10.1. The number of likely N-dealkylation sites (N-methyl/N-ethyl adjacent to an activating group) is 3. The van der Waals surface area contributed by atoms with Crippen LogP contribution in [0.1, 0.15) is 26.7 Å². The van der Waals surface area contributed by atoms with Crippen LogP contribution in [0.5, 0.6) is 0 Å². The highest BCUT2D eigenvalue weighted by atomic mass is 28.4. The number of hydrogen-bond acceptors (Lipinski definition) is 9. The van der Waals surface area contributed by atoms with Crippen molar-refractivity contribution in [3.05, 3.63) is 28.8 Å².